The molecule has 1 aromatic carbocycles. The fourth-order valence-electron chi connectivity index (χ4n) is 2.05. The molecule has 9 heteroatoms. The van der Waals surface area contributed by atoms with E-state index in [-0.39, 0.29) is 23.9 Å². The van der Waals surface area contributed by atoms with Crippen molar-refractivity contribution < 1.29 is 22.3 Å². The van der Waals surface area contributed by atoms with Crippen LogP contribution in [-0.4, -0.2) is 40.9 Å². The van der Waals surface area contributed by atoms with Crippen molar-refractivity contribution in [1.82, 2.24) is 4.72 Å². The van der Waals surface area contributed by atoms with Crippen LogP contribution >= 0.6 is 11.6 Å². The first-order chi connectivity index (χ1) is 9.80. The molecule has 1 saturated heterocycles. The lowest BCUT2D eigenvalue weighted by Gasteiger charge is -2.25. The summed E-state index contributed by atoms with van der Waals surface area (Å²) < 4.78 is 51.2. The van der Waals surface area contributed by atoms with Crippen molar-refractivity contribution in [2.75, 3.05) is 32.6 Å². The van der Waals surface area contributed by atoms with E-state index in [4.69, 9.17) is 26.8 Å². The molecule has 118 valence electrons. The maximum atomic E-state index is 13.9. The Labute approximate surface area is 127 Å². The van der Waals surface area contributed by atoms with E-state index in [1.54, 1.807) is 0 Å². The highest BCUT2D eigenvalue weighted by atomic mass is 35.5. The Kier molecular flexibility index (Phi) is 4.74. The van der Waals surface area contributed by atoms with Gasteiger partial charge in [0.15, 0.2) is 5.82 Å². The van der Waals surface area contributed by atoms with Crippen molar-refractivity contribution in [3.63, 3.8) is 0 Å². The first kappa shape index (κ1) is 16.4. The van der Waals surface area contributed by atoms with Crippen molar-refractivity contribution >= 4 is 27.3 Å². The Morgan fingerprint density at radius 3 is 2.86 bits per heavy atom. The van der Waals surface area contributed by atoms with Crippen LogP contribution in [0.4, 0.5) is 10.1 Å². The molecule has 1 aromatic rings. The molecule has 0 aromatic heterocycles. The second-order valence-electron chi connectivity index (χ2n) is 4.82. The lowest BCUT2D eigenvalue weighted by molar-refractivity contribution is -0.0120. The van der Waals surface area contributed by atoms with Crippen LogP contribution in [0.1, 0.15) is 6.42 Å². The van der Waals surface area contributed by atoms with Crippen molar-refractivity contribution in [1.29, 1.82) is 0 Å². The molecule has 0 bridgehead atoms. The molecule has 1 atom stereocenters. The quantitative estimate of drug-likeness (QED) is 0.786. The number of benzene rings is 1. The zero-order valence-corrected chi connectivity index (χ0v) is 12.9. The Morgan fingerprint density at radius 1 is 1.57 bits per heavy atom. The number of halogens is 2. The van der Waals surface area contributed by atoms with E-state index in [0.29, 0.717) is 13.0 Å². The van der Waals surface area contributed by atoms with Gasteiger partial charge in [0.25, 0.3) is 0 Å². The van der Waals surface area contributed by atoms with Crippen LogP contribution in [0.5, 0.6) is 0 Å². The number of methoxy groups -OCH3 is 1. The number of rotatable bonds is 5. The third kappa shape index (κ3) is 3.46. The van der Waals surface area contributed by atoms with E-state index < -0.39 is 26.3 Å². The Hall–Kier alpha value is -0.930. The molecule has 1 heterocycles. The summed E-state index contributed by atoms with van der Waals surface area (Å²) in [6.45, 7) is 0.720. The van der Waals surface area contributed by atoms with E-state index in [1.165, 1.54) is 7.11 Å². The fourth-order valence-corrected chi connectivity index (χ4v) is 3.58. The number of ether oxygens (including phenoxy) is 2. The van der Waals surface area contributed by atoms with Crippen LogP contribution in [-0.2, 0) is 19.5 Å². The summed E-state index contributed by atoms with van der Waals surface area (Å²) in [6, 6.07) is 2.16. The third-order valence-electron chi connectivity index (χ3n) is 3.41. The lowest BCUT2D eigenvalue weighted by Crippen LogP contribution is -2.45. The predicted octanol–water partition coefficient (Wildman–Crippen LogP) is 1.15. The highest BCUT2D eigenvalue weighted by Gasteiger charge is 2.36. The van der Waals surface area contributed by atoms with Gasteiger partial charge in [0.1, 0.15) is 10.5 Å². The normalized spacial score (nSPS) is 22.6. The van der Waals surface area contributed by atoms with Gasteiger partial charge in [0.2, 0.25) is 10.0 Å². The molecule has 0 amide bonds. The summed E-state index contributed by atoms with van der Waals surface area (Å²) in [7, 11) is -2.62. The van der Waals surface area contributed by atoms with Crippen molar-refractivity contribution in [2.45, 2.75) is 16.9 Å². The smallest absolute Gasteiger partial charge is 0.243 e. The minimum atomic E-state index is -4.10. The number of anilines is 1. The summed E-state index contributed by atoms with van der Waals surface area (Å²) in [6.07, 6.45) is 0.548. The zero-order chi connectivity index (χ0) is 15.7. The maximum absolute atomic E-state index is 13.9. The molecule has 6 nitrogen and oxygen atoms in total. The van der Waals surface area contributed by atoms with E-state index in [2.05, 4.69) is 4.72 Å². The van der Waals surface area contributed by atoms with Gasteiger partial charge in [-0.05, 0) is 12.1 Å². The van der Waals surface area contributed by atoms with Crippen LogP contribution in [0, 0.1) is 5.82 Å². The average molecular weight is 339 g/mol. The number of nitrogens with two attached hydrogens (primary N) is 1. The highest BCUT2D eigenvalue weighted by Crippen LogP contribution is 2.26. The minimum Gasteiger partial charge on any atom is -0.396 e. The molecule has 21 heavy (non-hydrogen) atoms. The van der Waals surface area contributed by atoms with Crippen molar-refractivity contribution in [2.24, 2.45) is 0 Å². The lowest BCUT2D eigenvalue weighted by atomic mass is 10.0. The summed E-state index contributed by atoms with van der Waals surface area (Å²) in [5.74, 6) is -1.03. The van der Waals surface area contributed by atoms with E-state index in [0.717, 1.165) is 12.1 Å². The van der Waals surface area contributed by atoms with Gasteiger partial charge in [-0.25, -0.2) is 17.5 Å². The number of hydrogen-bond donors (Lipinski definition) is 2. The largest absolute Gasteiger partial charge is 0.396 e. The molecular formula is C12H16ClFN2O4S. The maximum Gasteiger partial charge on any atom is 0.243 e. The van der Waals surface area contributed by atoms with Crippen LogP contribution in [0.15, 0.2) is 17.0 Å². The van der Waals surface area contributed by atoms with Gasteiger partial charge in [-0.1, -0.05) is 11.6 Å². The number of nitrogens with one attached hydrogen (secondary N) is 1. The number of hydrogen-bond acceptors (Lipinski definition) is 5. The topological polar surface area (TPSA) is 90.7 Å². The standard InChI is InChI=1S/C12H16ClFN2O4S/c1-19-12(2-3-20-7-12)6-16-21(17,18)10-5-8(13)4-9(15)11(10)14/h4-5,16H,2-3,6-7,15H2,1H3. The molecule has 1 aliphatic rings. The Balaban J connectivity index is 2.23. The van der Waals surface area contributed by atoms with Crippen molar-refractivity contribution in [3.05, 3.63) is 23.0 Å². The van der Waals surface area contributed by atoms with Crippen LogP contribution in [0.25, 0.3) is 0 Å². The molecule has 1 aliphatic heterocycles. The molecule has 2 rings (SSSR count). The highest BCUT2D eigenvalue weighted by molar-refractivity contribution is 7.89. The molecule has 1 unspecified atom stereocenters. The van der Waals surface area contributed by atoms with E-state index in [1.807, 2.05) is 0 Å². The number of sulfonamides is 1. The second-order valence-corrected chi connectivity index (χ2v) is 6.99. The predicted molar refractivity (Wildman–Crippen MR) is 76.2 cm³/mol. The SMILES string of the molecule is COC1(CNS(=O)(=O)c2cc(Cl)cc(N)c2F)CCOC1. The summed E-state index contributed by atoms with van der Waals surface area (Å²) in [5, 5.41) is 0.0416. The molecule has 0 saturated carbocycles. The molecule has 0 spiro atoms. The van der Waals surface area contributed by atoms with Gasteiger partial charge in [-0.2, -0.15) is 0 Å². The summed E-state index contributed by atoms with van der Waals surface area (Å²) >= 11 is 5.73. The van der Waals surface area contributed by atoms with Gasteiger partial charge >= 0.3 is 0 Å². The first-order valence-corrected chi connectivity index (χ1v) is 8.03. The second kappa shape index (κ2) is 6.05. The Bertz CT molecular complexity index is 632. The van der Waals surface area contributed by atoms with Crippen LogP contribution < -0.4 is 10.5 Å². The van der Waals surface area contributed by atoms with Crippen molar-refractivity contribution in [3.8, 4) is 0 Å². The molecule has 1 fully saturated rings. The Morgan fingerprint density at radius 2 is 2.29 bits per heavy atom. The monoisotopic (exact) mass is 338 g/mol. The van der Waals surface area contributed by atoms with Gasteiger partial charge < -0.3 is 15.2 Å². The van der Waals surface area contributed by atoms with E-state index >= 15 is 0 Å². The average Bonchev–Trinajstić information content (AvgIpc) is 2.90. The van der Waals surface area contributed by atoms with Gasteiger partial charge in [-0.15, -0.1) is 0 Å². The fraction of sp³-hybridized carbons (Fsp3) is 0.500. The molecule has 0 radical (unpaired) electrons. The van der Waals surface area contributed by atoms with Crippen LogP contribution in [0.3, 0.4) is 0 Å². The summed E-state index contributed by atoms with van der Waals surface area (Å²) in [5.41, 5.74) is 4.32. The first-order valence-electron chi connectivity index (χ1n) is 6.17. The van der Waals surface area contributed by atoms with Crippen LogP contribution in [0.2, 0.25) is 5.02 Å². The molecule has 3 N–H and O–H groups in total. The molecule has 0 aliphatic carbocycles. The van der Waals surface area contributed by atoms with Gasteiger partial charge in [0, 0.05) is 31.7 Å². The summed E-state index contributed by atoms with van der Waals surface area (Å²) in [4.78, 5) is -0.585. The van der Waals surface area contributed by atoms with Gasteiger partial charge in [-0.3, -0.25) is 0 Å². The zero-order valence-electron chi connectivity index (χ0n) is 11.4. The molecular weight excluding hydrogens is 323 g/mol. The number of nitrogen functional groups attached to an aromatic ring is 1. The van der Waals surface area contributed by atoms with E-state index in [9.17, 15) is 12.8 Å². The minimum absolute atomic E-state index is 0.0301. The third-order valence-corrected chi connectivity index (χ3v) is 5.02. The van der Waals surface area contributed by atoms with Gasteiger partial charge in [0.05, 0.1) is 12.3 Å².